The zero-order chi connectivity index (χ0) is 18.4. The highest BCUT2D eigenvalue weighted by Crippen LogP contribution is 2.40. The van der Waals surface area contributed by atoms with Gasteiger partial charge in [-0.05, 0) is 12.5 Å². The maximum Gasteiger partial charge on any atom is 0.417 e. The van der Waals surface area contributed by atoms with Gasteiger partial charge in [-0.2, -0.15) is 13.2 Å². The molecule has 1 aromatic rings. The second-order valence-corrected chi connectivity index (χ2v) is 6.53. The molecule has 1 aromatic heterocycles. The van der Waals surface area contributed by atoms with Gasteiger partial charge >= 0.3 is 12.1 Å². The Morgan fingerprint density at radius 3 is 2.32 bits per heavy atom. The van der Waals surface area contributed by atoms with Crippen molar-refractivity contribution in [3.05, 3.63) is 22.8 Å². The molecule has 6 nitrogen and oxygen atoms in total. The van der Waals surface area contributed by atoms with E-state index in [1.165, 1.54) is 0 Å². The fraction of sp³-hybridized carbons (Fsp3) is 0.533. The number of amides is 1. The van der Waals surface area contributed by atoms with E-state index < -0.39 is 29.5 Å². The Hall–Kier alpha value is -2.03. The maximum atomic E-state index is 12.7. The summed E-state index contributed by atoms with van der Waals surface area (Å²) in [5, 5.41) is 8.80. The van der Waals surface area contributed by atoms with Crippen molar-refractivity contribution >= 4 is 29.3 Å². The Labute approximate surface area is 146 Å². The van der Waals surface area contributed by atoms with E-state index in [0.29, 0.717) is 32.6 Å². The monoisotopic (exact) mass is 377 g/mol. The predicted molar refractivity (Wildman–Crippen MR) is 82.3 cm³/mol. The van der Waals surface area contributed by atoms with Crippen molar-refractivity contribution in [3.8, 4) is 0 Å². The van der Waals surface area contributed by atoms with Crippen LogP contribution in [0, 0.1) is 11.8 Å². The number of piperazine rings is 1. The van der Waals surface area contributed by atoms with Crippen LogP contribution in [0.3, 0.4) is 0 Å². The van der Waals surface area contributed by atoms with Gasteiger partial charge in [-0.15, -0.1) is 0 Å². The van der Waals surface area contributed by atoms with Gasteiger partial charge in [-0.1, -0.05) is 11.6 Å². The van der Waals surface area contributed by atoms with Crippen LogP contribution in [0.2, 0.25) is 5.02 Å². The smallest absolute Gasteiger partial charge is 0.417 e. The van der Waals surface area contributed by atoms with E-state index in [4.69, 9.17) is 16.7 Å². The fourth-order valence-electron chi connectivity index (χ4n) is 2.93. The summed E-state index contributed by atoms with van der Waals surface area (Å²) in [6.45, 7) is 1.43. The number of aliphatic carboxylic acids is 1. The summed E-state index contributed by atoms with van der Waals surface area (Å²) < 4.78 is 38.0. The SMILES string of the molecule is O=C(O)[C@@H]1C[C@@H]1C(=O)N1CCN(c2ncc(C(F)(F)F)cc2Cl)CC1. The molecule has 1 N–H and O–H groups in total. The number of carbonyl (C=O) groups excluding carboxylic acids is 1. The normalized spacial score (nSPS) is 23.5. The highest BCUT2D eigenvalue weighted by molar-refractivity contribution is 6.33. The lowest BCUT2D eigenvalue weighted by Gasteiger charge is -2.36. The Balaban J connectivity index is 1.61. The summed E-state index contributed by atoms with van der Waals surface area (Å²) in [4.78, 5) is 30.2. The number of rotatable bonds is 3. The number of carboxylic acids is 1. The van der Waals surface area contributed by atoms with Gasteiger partial charge in [0.05, 0.1) is 22.4 Å². The van der Waals surface area contributed by atoms with Crippen molar-refractivity contribution < 1.29 is 27.9 Å². The van der Waals surface area contributed by atoms with Gasteiger partial charge in [0.15, 0.2) is 0 Å². The molecule has 1 saturated carbocycles. The lowest BCUT2D eigenvalue weighted by molar-refractivity contribution is -0.142. The molecule has 1 amide bonds. The molecular formula is C15H15ClF3N3O3. The van der Waals surface area contributed by atoms with E-state index in [9.17, 15) is 22.8 Å². The molecular weight excluding hydrogens is 363 g/mol. The number of nitrogens with zero attached hydrogens (tertiary/aromatic N) is 3. The van der Waals surface area contributed by atoms with Crippen LogP contribution in [0.4, 0.5) is 19.0 Å². The van der Waals surface area contributed by atoms with Crippen LogP contribution in [-0.2, 0) is 15.8 Å². The van der Waals surface area contributed by atoms with Crippen LogP contribution < -0.4 is 4.90 Å². The summed E-state index contributed by atoms with van der Waals surface area (Å²) in [6.07, 6.45) is -3.41. The van der Waals surface area contributed by atoms with Crippen LogP contribution in [-0.4, -0.2) is 53.0 Å². The van der Waals surface area contributed by atoms with Crippen LogP contribution >= 0.6 is 11.6 Å². The molecule has 2 fully saturated rings. The zero-order valence-electron chi connectivity index (χ0n) is 13.0. The Morgan fingerprint density at radius 1 is 1.20 bits per heavy atom. The lowest BCUT2D eigenvalue weighted by Crippen LogP contribution is -2.49. The minimum Gasteiger partial charge on any atom is -0.481 e. The quantitative estimate of drug-likeness (QED) is 0.873. The average molecular weight is 378 g/mol. The third-order valence-corrected chi connectivity index (χ3v) is 4.74. The average Bonchev–Trinajstić information content (AvgIpc) is 3.34. The van der Waals surface area contributed by atoms with Gasteiger partial charge in [0.2, 0.25) is 5.91 Å². The number of halogens is 4. The summed E-state index contributed by atoms with van der Waals surface area (Å²) in [6, 6.07) is 0.836. The van der Waals surface area contributed by atoms with Gasteiger partial charge in [0.1, 0.15) is 5.82 Å². The summed E-state index contributed by atoms with van der Waals surface area (Å²) >= 11 is 5.93. The van der Waals surface area contributed by atoms with Crippen molar-refractivity contribution in [1.29, 1.82) is 0 Å². The topological polar surface area (TPSA) is 73.7 Å². The molecule has 0 radical (unpaired) electrons. The van der Waals surface area contributed by atoms with Gasteiger partial charge < -0.3 is 14.9 Å². The van der Waals surface area contributed by atoms with Gasteiger partial charge in [0, 0.05) is 32.4 Å². The molecule has 2 heterocycles. The van der Waals surface area contributed by atoms with Crippen molar-refractivity contribution in [2.45, 2.75) is 12.6 Å². The molecule has 0 aromatic carbocycles. The first kappa shape index (κ1) is 17.8. The highest BCUT2D eigenvalue weighted by Gasteiger charge is 2.50. The number of alkyl halides is 3. The van der Waals surface area contributed by atoms with Crippen molar-refractivity contribution in [2.75, 3.05) is 31.1 Å². The lowest BCUT2D eigenvalue weighted by atomic mass is 10.2. The molecule has 0 spiro atoms. The van der Waals surface area contributed by atoms with Crippen LogP contribution in [0.1, 0.15) is 12.0 Å². The number of aromatic nitrogens is 1. The number of carbonyl (C=O) groups is 2. The number of hydrogen-bond donors (Lipinski definition) is 1. The fourth-order valence-corrected chi connectivity index (χ4v) is 3.22. The first-order valence-corrected chi connectivity index (χ1v) is 8.05. The maximum absolute atomic E-state index is 12.7. The van der Waals surface area contributed by atoms with Crippen LogP contribution in [0.15, 0.2) is 12.3 Å². The van der Waals surface area contributed by atoms with Crippen molar-refractivity contribution in [3.63, 3.8) is 0 Å². The molecule has 10 heteroatoms. The molecule has 1 aliphatic carbocycles. The molecule has 1 saturated heterocycles. The molecule has 1 aliphatic heterocycles. The zero-order valence-corrected chi connectivity index (χ0v) is 13.7. The number of pyridine rings is 1. The minimum atomic E-state index is -4.51. The Kier molecular flexibility index (Phi) is 4.52. The molecule has 0 bridgehead atoms. The van der Waals surface area contributed by atoms with Gasteiger partial charge in [0.25, 0.3) is 0 Å². The number of hydrogen-bond acceptors (Lipinski definition) is 4. The first-order chi connectivity index (χ1) is 11.7. The minimum absolute atomic E-state index is 0.0947. The van der Waals surface area contributed by atoms with Crippen molar-refractivity contribution in [1.82, 2.24) is 9.88 Å². The van der Waals surface area contributed by atoms with E-state index in [1.807, 2.05) is 0 Å². The van der Waals surface area contributed by atoms with E-state index >= 15 is 0 Å². The summed E-state index contributed by atoms with van der Waals surface area (Å²) in [5.41, 5.74) is -0.913. The van der Waals surface area contributed by atoms with E-state index in [1.54, 1.807) is 9.80 Å². The third kappa shape index (κ3) is 3.65. The van der Waals surface area contributed by atoms with E-state index in [2.05, 4.69) is 4.98 Å². The predicted octanol–water partition coefficient (Wildman–Crippen LogP) is 2.12. The Morgan fingerprint density at radius 2 is 1.84 bits per heavy atom. The molecule has 136 valence electrons. The molecule has 3 rings (SSSR count). The molecule has 25 heavy (non-hydrogen) atoms. The van der Waals surface area contributed by atoms with Gasteiger partial charge in [-0.25, -0.2) is 4.98 Å². The van der Waals surface area contributed by atoms with Crippen molar-refractivity contribution in [2.24, 2.45) is 11.8 Å². The first-order valence-electron chi connectivity index (χ1n) is 7.67. The summed E-state index contributed by atoms with van der Waals surface area (Å²) in [5.74, 6) is -1.96. The van der Waals surface area contributed by atoms with E-state index in [-0.39, 0.29) is 16.7 Å². The van der Waals surface area contributed by atoms with E-state index in [0.717, 1.165) is 12.3 Å². The summed E-state index contributed by atoms with van der Waals surface area (Å²) in [7, 11) is 0. The molecule has 2 atom stereocenters. The van der Waals surface area contributed by atoms with Gasteiger partial charge in [-0.3, -0.25) is 9.59 Å². The largest absolute Gasteiger partial charge is 0.481 e. The number of anilines is 1. The highest BCUT2D eigenvalue weighted by atomic mass is 35.5. The van der Waals surface area contributed by atoms with Crippen LogP contribution in [0.25, 0.3) is 0 Å². The second kappa shape index (κ2) is 6.36. The Bertz CT molecular complexity index is 705. The number of carboxylic acid groups (broad SMARTS) is 1. The molecule has 2 aliphatic rings. The second-order valence-electron chi connectivity index (χ2n) is 6.13. The van der Waals surface area contributed by atoms with Crippen LogP contribution in [0.5, 0.6) is 0 Å². The third-order valence-electron chi connectivity index (χ3n) is 4.46. The standard InChI is InChI=1S/C15H15ClF3N3O3/c16-11-5-8(15(17,18)19)7-20-12(11)21-1-3-22(4-2-21)13(23)9-6-10(9)14(24)25/h5,7,9-10H,1-4,6H2,(H,24,25)/t9-,10+/m0/s1. The molecule has 0 unspecified atom stereocenters.